The second-order valence-corrected chi connectivity index (χ2v) is 5.34. The van der Waals surface area contributed by atoms with E-state index >= 15 is 0 Å². The summed E-state index contributed by atoms with van der Waals surface area (Å²) in [6.07, 6.45) is 5.93. The smallest absolute Gasteiger partial charge is 0.110 e. The molecule has 1 unspecified atom stereocenters. The molecule has 3 rings (SSSR count). The van der Waals surface area contributed by atoms with Crippen LogP contribution in [0, 0.1) is 0 Å². The Balaban J connectivity index is 2.18. The molecule has 0 aliphatic heterocycles. The van der Waals surface area contributed by atoms with Crippen molar-refractivity contribution in [3.8, 4) is 0 Å². The van der Waals surface area contributed by atoms with Gasteiger partial charge in [0.1, 0.15) is 5.82 Å². The number of hydrogen-bond donors (Lipinski definition) is 1. The minimum atomic E-state index is 0.0765. The Hall–Kier alpha value is -2.14. The first kappa shape index (κ1) is 13.8. The van der Waals surface area contributed by atoms with Crippen LogP contribution in [-0.4, -0.2) is 25.9 Å². The number of rotatable bonds is 5. The van der Waals surface area contributed by atoms with Crippen LogP contribution in [0.5, 0.6) is 0 Å². The summed E-state index contributed by atoms with van der Waals surface area (Å²) >= 11 is 0. The van der Waals surface area contributed by atoms with Gasteiger partial charge in [0, 0.05) is 31.8 Å². The summed E-state index contributed by atoms with van der Waals surface area (Å²) in [5.41, 5.74) is 9.37. The molecule has 3 aromatic rings. The van der Waals surface area contributed by atoms with Crippen LogP contribution in [0.4, 0.5) is 0 Å². The largest absolute Gasteiger partial charge is 0.328 e. The van der Waals surface area contributed by atoms with Crippen molar-refractivity contribution < 1.29 is 0 Å². The first-order valence-corrected chi connectivity index (χ1v) is 7.39. The van der Waals surface area contributed by atoms with Crippen molar-refractivity contribution >= 4 is 11.0 Å². The van der Waals surface area contributed by atoms with Crippen LogP contribution in [0.3, 0.4) is 0 Å². The average molecular weight is 283 g/mol. The number of aromatic nitrogens is 4. The fourth-order valence-electron chi connectivity index (χ4n) is 2.84. The first-order valence-electron chi connectivity index (χ1n) is 7.39. The lowest BCUT2D eigenvalue weighted by Crippen LogP contribution is -2.22. The molecule has 1 atom stereocenters. The molecule has 0 amide bonds. The monoisotopic (exact) mass is 283 g/mol. The van der Waals surface area contributed by atoms with Gasteiger partial charge in [0.05, 0.1) is 23.3 Å². The van der Waals surface area contributed by atoms with E-state index in [1.807, 2.05) is 36.3 Å². The maximum absolute atomic E-state index is 6.08. The van der Waals surface area contributed by atoms with Gasteiger partial charge in [-0.2, -0.15) is 5.10 Å². The Morgan fingerprint density at radius 1 is 1.29 bits per heavy atom. The summed E-state index contributed by atoms with van der Waals surface area (Å²) < 4.78 is 4.09. The van der Waals surface area contributed by atoms with Gasteiger partial charge in [-0.15, -0.1) is 0 Å². The van der Waals surface area contributed by atoms with Crippen LogP contribution in [0.15, 0.2) is 36.7 Å². The Bertz CT molecular complexity index is 740. The third-order valence-corrected chi connectivity index (χ3v) is 3.79. The number of aryl methyl sites for hydroxylation is 2. The fraction of sp³-hybridized carbons (Fsp3) is 0.375. The van der Waals surface area contributed by atoms with Gasteiger partial charge in [-0.05, 0) is 18.6 Å². The Morgan fingerprint density at radius 2 is 2.10 bits per heavy atom. The third-order valence-electron chi connectivity index (χ3n) is 3.79. The maximum atomic E-state index is 6.08. The second kappa shape index (κ2) is 5.69. The van der Waals surface area contributed by atoms with Crippen molar-refractivity contribution in [3.63, 3.8) is 0 Å². The normalized spacial score (nSPS) is 12.9. The summed E-state index contributed by atoms with van der Waals surface area (Å²) in [7, 11) is 1.93. The molecule has 0 aliphatic rings. The van der Waals surface area contributed by atoms with E-state index in [0.717, 1.165) is 35.3 Å². The molecule has 0 aliphatic carbocycles. The minimum absolute atomic E-state index is 0.0765. The van der Waals surface area contributed by atoms with Crippen LogP contribution < -0.4 is 5.73 Å². The zero-order valence-corrected chi connectivity index (χ0v) is 12.5. The summed E-state index contributed by atoms with van der Waals surface area (Å²) in [5.74, 6) is 1.10. The lowest BCUT2D eigenvalue weighted by Gasteiger charge is -2.19. The van der Waals surface area contributed by atoms with Crippen molar-refractivity contribution in [2.24, 2.45) is 12.8 Å². The van der Waals surface area contributed by atoms with Gasteiger partial charge in [-0.3, -0.25) is 4.68 Å². The van der Waals surface area contributed by atoms with Crippen LogP contribution in [0.1, 0.15) is 30.8 Å². The number of nitrogens with two attached hydrogens (primary N) is 1. The van der Waals surface area contributed by atoms with Crippen LogP contribution in [0.25, 0.3) is 11.0 Å². The maximum Gasteiger partial charge on any atom is 0.110 e. The van der Waals surface area contributed by atoms with E-state index in [9.17, 15) is 0 Å². The van der Waals surface area contributed by atoms with Crippen molar-refractivity contribution in [1.82, 2.24) is 19.3 Å². The molecule has 5 nitrogen and oxygen atoms in total. The molecular formula is C16H21N5. The Kier molecular flexibility index (Phi) is 3.75. The van der Waals surface area contributed by atoms with E-state index in [2.05, 4.69) is 28.7 Å². The van der Waals surface area contributed by atoms with Crippen molar-refractivity contribution in [1.29, 1.82) is 0 Å². The number of hydrogen-bond acceptors (Lipinski definition) is 3. The van der Waals surface area contributed by atoms with Crippen molar-refractivity contribution in [2.45, 2.75) is 25.8 Å². The molecule has 2 N–H and O–H groups in total. The highest BCUT2D eigenvalue weighted by atomic mass is 15.2. The number of para-hydroxylation sites is 2. The minimum Gasteiger partial charge on any atom is -0.328 e. The lowest BCUT2D eigenvalue weighted by atomic mass is 10.1. The number of imidazole rings is 1. The van der Waals surface area contributed by atoms with Gasteiger partial charge in [-0.1, -0.05) is 19.1 Å². The SMILES string of the molecule is CCCc1nc2ccccc2n1C(CN)c1cnn(C)c1. The van der Waals surface area contributed by atoms with E-state index in [1.54, 1.807) is 0 Å². The van der Waals surface area contributed by atoms with Crippen LogP contribution in [-0.2, 0) is 13.5 Å². The molecule has 1 aromatic carbocycles. The Labute approximate surface area is 124 Å². The third kappa shape index (κ3) is 2.45. The Morgan fingerprint density at radius 3 is 2.76 bits per heavy atom. The molecule has 2 aromatic heterocycles. The second-order valence-electron chi connectivity index (χ2n) is 5.34. The molecule has 110 valence electrons. The summed E-state index contributed by atoms with van der Waals surface area (Å²) in [4.78, 5) is 4.78. The zero-order valence-electron chi connectivity index (χ0n) is 12.5. The van der Waals surface area contributed by atoms with E-state index in [4.69, 9.17) is 10.7 Å². The van der Waals surface area contributed by atoms with Gasteiger partial charge >= 0.3 is 0 Å². The highest BCUT2D eigenvalue weighted by molar-refractivity contribution is 5.76. The lowest BCUT2D eigenvalue weighted by molar-refractivity contribution is 0.576. The number of fused-ring (bicyclic) bond motifs is 1. The molecule has 0 spiro atoms. The molecule has 0 radical (unpaired) electrons. The zero-order chi connectivity index (χ0) is 14.8. The molecular weight excluding hydrogens is 262 g/mol. The molecule has 0 bridgehead atoms. The fourth-order valence-corrected chi connectivity index (χ4v) is 2.84. The van der Waals surface area contributed by atoms with Gasteiger partial charge in [0.2, 0.25) is 0 Å². The molecule has 0 saturated heterocycles. The molecule has 21 heavy (non-hydrogen) atoms. The van der Waals surface area contributed by atoms with Crippen LogP contribution >= 0.6 is 0 Å². The number of nitrogens with zero attached hydrogens (tertiary/aromatic N) is 4. The van der Waals surface area contributed by atoms with Gasteiger partial charge in [-0.25, -0.2) is 4.98 Å². The van der Waals surface area contributed by atoms with Gasteiger partial charge in [0.25, 0.3) is 0 Å². The molecule has 5 heteroatoms. The van der Waals surface area contributed by atoms with Crippen molar-refractivity contribution in [2.75, 3.05) is 6.54 Å². The van der Waals surface area contributed by atoms with E-state index in [0.29, 0.717) is 6.54 Å². The highest BCUT2D eigenvalue weighted by Crippen LogP contribution is 2.26. The molecule has 0 saturated carbocycles. The first-order chi connectivity index (χ1) is 10.2. The van der Waals surface area contributed by atoms with Crippen LogP contribution in [0.2, 0.25) is 0 Å². The van der Waals surface area contributed by atoms with E-state index in [1.165, 1.54) is 0 Å². The predicted octanol–water partition coefficient (Wildman–Crippen LogP) is 2.27. The average Bonchev–Trinajstić information content (AvgIpc) is 3.06. The molecule has 2 heterocycles. The summed E-state index contributed by atoms with van der Waals surface area (Å²) in [5, 5.41) is 4.28. The predicted molar refractivity (Wildman–Crippen MR) is 84.1 cm³/mol. The topological polar surface area (TPSA) is 61.7 Å². The molecule has 0 fully saturated rings. The van der Waals surface area contributed by atoms with E-state index in [-0.39, 0.29) is 6.04 Å². The van der Waals surface area contributed by atoms with Gasteiger partial charge < -0.3 is 10.3 Å². The standard InChI is InChI=1S/C16H21N5/c1-3-6-16-19-13-7-4-5-8-14(13)21(16)15(9-17)12-10-18-20(2)11-12/h4-5,7-8,10-11,15H,3,6,9,17H2,1-2H3. The number of benzene rings is 1. The van der Waals surface area contributed by atoms with Gasteiger partial charge in [0.15, 0.2) is 0 Å². The van der Waals surface area contributed by atoms with Crippen molar-refractivity contribution in [3.05, 3.63) is 48.0 Å². The summed E-state index contributed by atoms with van der Waals surface area (Å²) in [6, 6.07) is 8.32. The highest BCUT2D eigenvalue weighted by Gasteiger charge is 2.20. The van der Waals surface area contributed by atoms with E-state index < -0.39 is 0 Å². The summed E-state index contributed by atoms with van der Waals surface area (Å²) in [6.45, 7) is 2.70. The quantitative estimate of drug-likeness (QED) is 0.781.